The lowest BCUT2D eigenvalue weighted by molar-refractivity contribution is 0.121. The van der Waals surface area contributed by atoms with Gasteiger partial charge in [-0.15, -0.1) is 11.3 Å². The highest BCUT2D eigenvalue weighted by atomic mass is 32.1. The normalized spacial score (nSPS) is 12.6. The van der Waals surface area contributed by atoms with Crippen molar-refractivity contribution in [2.45, 2.75) is 12.5 Å². The molecule has 5 aromatic rings. The van der Waals surface area contributed by atoms with E-state index in [2.05, 4.69) is 27.1 Å². The zero-order valence-electron chi connectivity index (χ0n) is 19.5. The molecule has 5 rings (SSSR count). The number of aliphatic hydroxyl groups is 1. The van der Waals surface area contributed by atoms with Gasteiger partial charge in [0.2, 0.25) is 5.95 Å². The van der Waals surface area contributed by atoms with Gasteiger partial charge >= 0.3 is 0 Å². The van der Waals surface area contributed by atoms with Crippen molar-refractivity contribution >= 4 is 39.6 Å². The number of hydrogen-bond donors (Lipinski definition) is 2. The number of thiazole rings is 1. The number of nitrogens with zero attached hydrogens (tertiary/aromatic N) is 4. The van der Waals surface area contributed by atoms with Gasteiger partial charge < -0.3 is 19.7 Å². The number of nitrogens with one attached hydrogen (secondary N) is 1. The zero-order chi connectivity index (χ0) is 24.4. The average Bonchev–Trinajstić information content (AvgIpc) is 3.54. The molecule has 0 aliphatic heterocycles. The van der Waals surface area contributed by atoms with E-state index >= 15 is 0 Å². The van der Waals surface area contributed by atoms with Gasteiger partial charge in [-0.3, -0.25) is 0 Å². The van der Waals surface area contributed by atoms with Gasteiger partial charge in [0.15, 0.2) is 11.4 Å². The summed E-state index contributed by atoms with van der Waals surface area (Å²) in [5, 5.41) is 17.2. The van der Waals surface area contributed by atoms with Crippen LogP contribution in [0.15, 0.2) is 76.8 Å². The van der Waals surface area contributed by atoms with Crippen molar-refractivity contribution in [2.75, 3.05) is 24.3 Å². The van der Waals surface area contributed by atoms with E-state index in [-0.39, 0.29) is 0 Å². The fraction of sp³-hybridized carbons (Fsp3) is 0.148. The van der Waals surface area contributed by atoms with Gasteiger partial charge in [-0.1, -0.05) is 24.1 Å². The Labute approximate surface area is 207 Å². The second-order valence-corrected chi connectivity index (χ2v) is 9.22. The van der Waals surface area contributed by atoms with Gasteiger partial charge in [0.05, 0.1) is 5.69 Å². The molecule has 0 saturated heterocycles. The molecule has 7 nitrogen and oxygen atoms in total. The van der Waals surface area contributed by atoms with E-state index in [4.69, 9.17) is 9.40 Å². The predicted octanol–water partition coefficient (Wildman–Crippen LogP) is 5.42. The SMILES string of the molecule is CN(C)c1cccc(Nc2nccc(-c3cccc4cc(C#CC(C)(O)c5nccs5)oc34)n2)c1. The molecule has 0 saturated carbocycles. The highest BCUT2D eigenvalue weighted by Gasteiger charge is 2.23. The van der Waals surface area contributed by atoms with Crippen LogP contribution in [-0.4, -0.2) is 34.2 Å². The summed E-state index contributed by atoms with van der Waals surface area (Å²) in [6, 6.07) is 17.6. The van der Waals surface area contributed by atoms with Crippen molar-refractivity contribution in [3.63, 3.8) is 0 Å². The Balaban J connectivity index is 1.46. The van der Waals surface area contributed by atoms with Crippen LogP contribution in [0.4, 0.5) is 17.3 Å². The fourth-order valence-electron chi connectivity index (χ4n) is 3.59. The quantitative estimate of drug-likeness (QED) is 0.324. The zero-order valence-corrected chi connectivity index (χ0v) is 20.3. The number of anilines is 3. The highest BCUT2D eigenvalue weighted by molar-refractivity contribution is 7.09. The maximum atomic E-state index is 10.6. The molecule has 8 heteroatoms. The fourth-order valence-corrected chi connectivity index (χ4v) is 4.24. The summed E-state index contributed by atoms with van der Waals surface area (Å²) < 4.78 is 6.08. The Hall–Kier alpha value is -4.19. The first-order valence-corrected chi connectivity index (χ1v) is 11.8. The second kappa shape index (κ2) is 9.22. The van der Waals surface area contributed by atoms with E-state index in [1.807, 2.05) is 79.0 Å². The van der Waals surface area contributed by atoms with Crippen LogP contribution >= 0.6 is 11.3 Å². The molecule has 0 radical (unpaired) electrons. The van der Waals surface area contributed by atoms with Crippen molar-refractivity contribution in [3.8, 4) is 23.1 Å². The predicted molar refractivity (Wildman–Crippen MR) is 140 cm³/mol. The van der Waals surface area contributed by atoms with E-state index < -0.39 is 5.60 Å². The van der Waals surface area contributed by atoms with Crippen molar-refractivity contribution in [1.82, 2.24) is 15.0 Å². The van der Waals surface area contributed by atoms with Crippen molar-refractivity contribution < 1.29 is 9.52 Å². The lowest BCUT2D eigenvalue weighted by Gasteiger charge is -2.14. The minimum atomic E-state index is -1.35. The Bertz CT molecular complexity index is 1540. The minimum Gasteiger partial charge on any atom is -0.447 e. The van der Waals surface area contributed by atoms with Gasteiger partial charge in [-0.05, 0) is 43.2 Å². The van der Waals surface area contributed by atoms with Crippen LogP contribution in [0, 0.1) is 11.8 Å². The smallest absolute Gasteiger partial charge is 0.227 e. The second-order valence-electron chi connectivity index (χ2n) is 8.33. The first kappa shape index (κ1) is 22.6. The van der Waals surface area contributed by atoms with E-state index in [1.54, 1.807) is 19.3 Å². The van der Waals surface area contributed by atoms with Gasteiger partial charge in [0, 0.05) is 60.3 Å². The van der Waals surface area contributed by atoms with Gasteiger partial charge in [0.25, 0.3) is 0 Å². The molecule has 0 aliphatic rings. The molecule has 0 amide bonds. The summed E-state index contributed by atoms with van der Waals surface area (Å²) in [4.78, 5) is 15.3. The van der Waals surface area contributed by atoms with Crippen LogP contribution < -0.4 is 10.2 Å². The summed E-state index contributed by atoms with van der Waals surface area (Å²) in [5.74, 6) is 6.76. The number of rotatable bonds is 5. The molecule has 3 heterocycles. The van der Waals surface area contributed by atoms with E-state index in [9.17, 15) is 5.11 Å². The molecular weight excluding hydrogens is 458 g/mol. The third kappa shape index (κ3) is 4.87. The molecule has 174 valence electrons. The lowest BCUT2D eigenvalue weighted by atomic mass is 10.1. The van der Waals surface area contributed by atoms with Crippen LogP contribution in [-0.2, 0) is 5.60 Å². The third-order valence-electron chi connectivity index (χ3n) is 5.37. The van der Waals surface area contributed by atoms with Crippen LogP contribution in [0.5, 0.6) is 0 Å². The third-order valence-corrected chi connectivity index (χ3v) is 6.36. The molecule has 2 aromatic carbocycles. The maximum Gasteiger partial charge on any atom is 0.227 e. The monoisotopic (exact) mass is 481 g/mol. The molecule has 0 spiro atoms. The Morgan fingerprint density at radius 3 is 2.71 bits per heavy atom. The van der Waals surface area contributed by atoms with Crippen LogP contribution in [0.1, 0.15) is 17.7 Å². The number of aromatic nitrogens is 3. The lowest BCUT2D eigenvalue weighted by Crippen LogP contribution is -2.17. The molecule has 1 unspecified atom stereocenters. The van der Waals surface area contributed by atoms with Gasteiger partial charge in [-0.2, -0.15) is 0 Å². The van der Waals surface area contributed by atoms with Gasteiger partial charge in [0.1, 0.15) is 10.6 Å². The summed E-state index contributed by atoms with van der Waals surface area (Å²) in [6.45, 7) is 1.62. The van der Waals surface area contributed by atoms with Gasteiger partial charge in [-0.25, -0.2) is 15.0 Å². The average molecular weight is 482 g/mol. The maximum absolute atomic E-state index is 10.6. The Morgan fingerprint density at radius 1 is 1.06 bits per heavy atom. The molecule has 0 fully saturated rings. The van der Waals surface area contributed by atoms with E-state index in [0.29, 0.717) is 22.3 Å². The van der Waals surface area contributed by atoms with Crippen molar-refractivity contribution in [1.29, 1.82) is 0 Å². The number of fused-ring (bicyclic) bond motifs is 1. The number of para-hydroxylation sites is 1. The van der Waals surface area contributed by atoms with Crippen LogP contribution in [0.3, 0.4) is 0 Å². The summed E-state index contributed by atoms with van der Waals surface area (Å²) in [7, 11) is 4.00. The summed E-state index contributed by atoms with van der Waals surface area (Å²) >= 11 is 1.36. The summed E-state index contributed by atoms with van der Waals surface area (Å²) in [5.41, 5.74) is 2.84. The highest BCUT2D eigenvalue weighted by Crippen LogP contribution is 2.31. The van der Waals surface area contributed by atoms with Crippen molar-refractivity contribution in [3.05, 3.63) is 83.1 Å². The minimum absolute atomic E-state index is 0.456. The molecule has 1 atom stereocenters. The molecule has 0 bridgehead atoms. The first-order valence-electron chi connectivity index (χ1n) is 10.9. The van der Waals surface area contributed by atoms with E-state index in [1.165, 1.54) is 11.3 Å². The summed E-state index contributed by atoms with van der Waals surface area (Å²) in [6.07, 6.45) is 3.36. The largest absolute Gasteiger partial charge is 0.447 e. The molecule has 3 aromatic heterocycles. The molecule has 0 aliphatic carbocycles. The molecular formula is C27H23N5O2S. The Morgan fingerprint density at radius 2 is 1.91 bits per heavy atom. The molecule has 35 heavy (non-hydrogen) atoms. The van der Waals surface area contributed by atoms with E-state index in [0.717, 1.165) is 28.0 Å². The van der Waals surface area contributed by atoms with Crippen molar-refractivity contribution in [2.24, 2.45) is 0 Å². The first-order chi connectivity index (χ1) is 16.9. The number of benzene rings is 2. The topological polar surface area (TPSA) is 87.3 Å². The number of hydrogen-bond acceptors (Lipinski definition) is 8. The Kier molecular flexibility index (Phi) is 5.95. The standard InChI is InChI=1S/C27H23N5O2S/c1-27(33,25-28-14-15-35-25)12-10-21-16-18-6-4-9-22(24(18)34-21)23-11-13-29-26(31-23)30-19-7-5-8-20(17-19)32(2)3/h4-9,11,13-17,33H,1-3H3,(H,29,30,31). The number of furan rings is 1. The molecule has 2 N–H and O–H groups in total. The van der Waals surface area contributed by atoms with Crippen LogP contribution in [0.2, 0.25) is 0 Å². The van der Waals surface area contributed by atoms with Crippen LogP contribution in [0.25, 0.3) is 22.2 Å².